The van der Waals surface area contributed by atoms with E-state index in [9.17, 15) is 14.4 Å². The van der Waals surface area contributed by atoms with Gasteiger partial charge in [-0.3, -0.25) is 25.2 Å². The lowest BCUT2D eigenvalue weighted by Gasteiger charge is -2.15. The molecule has 1 aromatic heterocycles. The minimum Gasteiger partial charge on any atom is -0.483 e. The number of aromatic nitrogens is 2. The zero-order chi connectivity index (χ0) is 21.8. The Bertz CT molecular complexity index is 1170. The molecule has 0 atom stereocenters. The van der Waals surface area contributed by atoms with Crippen molar-refractivity contribution < 1.29 is 14.3 Å². The molecule has 0 aliphatic heterocycles. The molecule has 8 heteroatoms. The number of hydrogen-bond donors (Lipinski definition) is 2. The fraction of sp³-hybridized carbons (Fsp3) is 0.273. The molecule has 0 unspecified atom stereocenters. The Kier molecular flexibility index (Phi) is 6.15. The molecule has 3 rings (SSSR count). The quantitative estimate of drug-likeness (QED) is 0.630. The van der Waals surface area contributed by atoms with Crippen molar-refractivity contribution in [3.8, 4) is 5.75 Å². The van der Waals surface area contributed by atoms with Crippen LogP contribution in [0.2, 0.25) is 0 Å². The van der Waals surface area contributed by atoms with Crippen LogP contribution in [-0.2, 0) is 11.8 Å². The van der Waals surface area contributed by atoms with Crippen molar-refractivity contribution >= 4 is 22.6 Å². The largest absolute Gasteiger partial charge is 0.483 e. The number of aryl methyl sites for hydroxylation is 2. The number of benzene rings is 2. The van der Waals surface area contributed by atoms with Crippen LogP contribution in [0.1, 0.15) is 41.4 Å². The zero-order valence-electron chi connectivity index (χ0n) is 17.4. The zero-order valence-corrected chi connectivity index (χ0v) is 17.4. The van der Waals surface area contributed by atoms with Gasteiger partial charge in [-0.15, -0.1) is 0 Å². The van der Waals surface area contributed by atoms with Crippen molar-refractivity contribution in [2.45, 2.75) is 26.7 Å². The molecule has 30 heavy (non-hydrogen) atoms. The van der Waals surface area contributed by atoms with Gasteiger partial charge in [0.15, 0.2) is 12.3 Å². The summed E-state index contributed by atoms with van der Waals surface area (Å²) in [7, 11) is 1.46. The molecule has 3 aromatic rings. The van der Waals surface area contributed by atoms with Crippen LogP contribution in [0.4, 0.5) is 0 Å². The van der Waals surface area contributed by atoms with E-state index in [0.717, 1.165) is 15.8 Å². The lowest BCUT2D eigenvalue weighted by molar-refractivity contribution is -0.123. The molecule has 0 saturated carbocycles. The van der Waals surface area contributed by atoms with Crippen LogP contribution < -0.4 is 21.1 Å². The SMILES string of the molecule is Cc1ccc(C(C)C)c(OCC(=O)NNC(=O)c2nn(C)c(=O)c3ccccc23)c1. The van der Waals surface area contributed by atoms with Gasteiger partial charge < -0.3 is 4.74 Å². The number of rotatable bonds is 5. The number of hydrogen-bond acceptors (Lipinski definition) is 5. The maximum atomic E-state index is 12.5. The molecule has 0 aliphatic carbocycles. The van der Waals surface area contributed by atoms with Gasteiger partial charge in [-0.1, -0.05) is 44.2 Å². The number of carbonyl (C=O) groups is 2. The van der Waals surface area contributed by atoms with E-state index in [4.69, 9.17) is 4.74 Å². The van der Waals surface area contributed by atoms with Crippen LogP contribution in [0.3, 0.4) is 0 Å². The monoisotopic (exact) mass is 408 g/mol. The number of nitrogens with zero attached hydrogens (tertiary/aromatic N) is 2. The van der Waals surface area contributed by atoms with Crippen LogP contribution in [0.25, 0.3) is 10.8 Å². The summed E-state index contributed by atoms with van der Waals surface area (Å²) < 4.78 is 6.75. The number of nitrogens with one attached hydrogen (secondary N) is 2. The normalized spacial score (nSPS) is 10.8. The number of amides is 2. The predicted molar refractivity (Wildman–Crippen MR) is 113 cm³/mol. The summed E-state index contributed by atoms with van der Waals surface area (Å²) >= 11 is 0. The molecule has 0 fully saturated rings. The summed E-state index contributed by atoms with van der Waals surface area (Å²) in [5.41, 5.74) is 6.40. The highest BCUT2D eigenvalue weighted by Crippen LogP contribution is 2.27. The first-order valence-electron chi connectivity index (χ1n) is 9.56. The highest BCUT2D eigenvalue weighted by molar-refractivity contribution is 6.05. The molecule has 2 aromatic carbocycles. The standard InChI is InChI=1S/C22H24N4O4/c1-13(2)15-10-9-14(3)11-18(15)30-12-19(27)23-24-21(28)20-16-7-5-6-8-17(16)22(29)26(4)25-20/h5-11,13H,12H2,1-4H3,(H,23,27)(H,24,28). The Labute approximate surface area is 173 Å². The van der Waals surface area contributed by atoms with Gasteiger partial charge in [-0.2, -0.15) is 5.10 Å². The Morgan fingerprint density at radius 3 is 2.50 bits per heavy atom. The molecule has 8 nitrogen and oxygen atoms in total. The van der Waals surface area contributed by atoms with Gasteiger partial charge in [0.1, 0.15) is 5.75 Å². The maximum Gasteiger partial charge on any atom is 0.290 e. The molecule has 0 saturated heterocycles. The molecule has 0 spiro atoms. The second-order valence-electron chi connectivity index (χ2n) is 7.31. The molecule has 2 amide bonds. The molecule has 156 valence electrons. The lowest BCUT2D eigenvalue weighted by Crippen LogP contribution is -2.44. The van der Waals surface area contributed by atoms with Gasteiger partial charge >= 0.3 is 0 Å². The van der Waals surface area contributed by atoms with E-state index in [-0.39, 0.29) is 23.8 Å². The van der Waals surface area contributed by atoms with E-state index in [2.05, 4.69) is 16.0 Å². The van der Waals surface area contributed by atoms with Crippen LogP contribution in [-0.4, -0.2) is 28.2 Å². The summed E-state index contributed by atoms with van der Waals surface area (Å²) in [4.78, 5) is 36.9. The van der Waals surface area contributed by atoms with E-state index in [0.29, 0.717) is 16.5 Å². The molecular weight excluding hydrogens is 384 g/mol. The van der Waals surface area contributed by atoms with Gasteiger partial charge in [0, 0.05) is 12.4 Å². The second kappa shape index (κ2) is 8.77. The third-order valence-electron chi connectivity index (χ3n) is 4.64. The molecule has 2 N–H and O–H groups in total. The molecular formula is C22H24N4O4. The van der Waals surface area contributed by atoms with Gasteiger partial charge in [-0.05, 0) is 36.1 Å². The lowest BCUT2D eigenvalue weighted by atomic mass is 10.0. The van der Waals surface area contributed by atoms with Crippen molar-refractivity contribution in [2.24, 2.45) is 7.05 Å². The van der Waals surface area contributed by atoms with Crippen LogP contribution in [0, 0.1) is 6.92 Å². The number of carbonyl (C=O) groups excluding carboxylic acids is 2. The van der Waals surface area contributed by atoms with Gasteiger partial charge in [0.25, 0.3) is 17.4 Å². The van der Waals surface area contributed by atoms with E-state index in [1.54, 1.807) is 24.3 Å². The van der Waals surface area contributed by atoms with E-state index in [1.807, 2.05) is 39.0 Å². The fourth-order valence-electron chi connectivity index (χ4n) is 3.08. The smallest absolute Gasteiger partial charge is 0.290 e. The minimum absolute atomic E-state index is 0.0368. The predicted octanol–water partition coefficient (Wildman–Crippen LogP) is 2.21. The highest BCUT2D eigenvalue weighted by atomic mass is 16.5. The van der Waals surface area contributed by atoms with Crippen molar-refractivity contribution in [2.75, 3.05) is 6.61 Å². The molecule has 0 bridgehead atoms. The summed E-state index contributed by atoms with van der Waals surface area (Å²) in [6.45, 7) is 5.78. The van der Waals surface area contributed by atoms with Crippen molar-refractivity contribution in [1.82, 2.24) is 20.6 Å². The average Bonchev–Trinajstić information content (AvgIpc) is 2.72. The van der Waals surface area contributed by atoms with E-state index < -0.39 is 11.8 Å². The summed E-state index contributed by atoms with van der Waals surface area (Å²) in [6.07, 6.45) is 0. The van der Waals surface area contributed by atoms with Gasteiger partial charge in [-0.25, -0.2) is 4.68 Å². The van der Waals surface area contributed by atoms with Gasteiger partial charge in [0.2, 0.25) is 0 Å². The second-order valence-corrected chi connectivity index (χ2v) is 7.31. The van der Waals surface area contributed by atoms with Crippen LogP contribution in [0.5, 0.6) is 5.75 Å². The molecule has 0 aliphatic rings. The van der Waals surface area contributed by atoms with Crippen LogP contribution in [0.15, 0.2) is 47.3 Å². The first-order chi connectivity index (χ1) is 14.3. The van der Waals surface area contributed by atoms with Crippen molar-refractivity contribution in [1.29, 1.82) is 0 Å². The summed E-state index contributed by atoms with van der Waals surface area (Å²) in [5, 5.41) is 4.80. The van der Waals surface area contributed by atoms with E-state index >= 15 is 0 Å². The summed E-state index contributed by atoms with van der Waals surface area (Å²) in [6, 6.07) is 12.5. The fourth-order valence-corrected chi connectivity index (χ4v) is 3.08. The molecule has 0 radical (unpaired) electrons. The Hall–Kier alpha value is -3.68. The first kappa shape index (κ1) is 21.0. The molecule has 1 heterocycles. The average molecular weight is 408 g/mol. The Morgan fingerprint density at radius 2 is 1.80 bits per heavy atom. The first-order valence-corrected chi connectivity index (χ1v) is 9.56. The third kappa shape index (κ3) is 4.48. The Balaban J connectivity index is 1.67. The number of fused-ring (bicyclic) bond motifs is 1. The van der Waals surface area contributed by atoms with Crippen molar-refractivity contribution in [3.05, 3.63) is 69.6 Å². The summed E-state index contributed by atoms with van der Waals surface area (Å²) in [5.74, 6) is -0.271. The van der Waals surface area contributed by atoms with Gasteiger partial charge in [0.05, 0.1) is 5.39 Å². The van der Waals surface area contributed by atoms with Crippen LogP contribution >= 0.6 is 0 Å². The highest BCUT2D eigenvalue weighted by Gasteiger charge is 2.16. The van der Waals surface area contributed by atoms with E-state index in [1.165, 1.54) is 7.05 Å². The Morgan fingerprint density at radius 1 is 1.10 bits per heavy atom. The maximum absolute atomic E-state index is 12.5. The topological polar surface area (TPSA) is 102 Å². The third-order valence-corrected chi connectivity index (χ3v) is 4.64. The van der Waals surface area contributed by atoms with Crippen molar-refractivity contribution in [3.63, 3.8) is 0 Å². The number of hydrazine groups is 1. The number of ether oxygens (including phenoxy) is 1. The minimum atomic E-state index is -0.631.